The molecule has 0 unspecified atom stereocenters. The number of carbonyl (C=O) groups excluding carboxylic acids is 4. The van der Waals surface area contributed by atoms with Gasteiger partial charge in [-0.1, -0.05) is 48.5 Å². The number of hydrogen-bond acceptors (Lipinski definition) is 6. The summed E-state index contributed by atoms with van der Waals surface area (Å²) >= 11 is 0. The largest absolute Gasteiger partial charge is 0.507 e. The van der Waals surface area contributed by atoms with E-state index in [0.29, 0.717) is 22.3 Å². The summed E-state index contributed by atoms with van der Waals surface area (Å²) in [5.41, 5.74) is 10.9. The number of hydrogen-bond donors (Lipinski definition) is 6. The van der Waals surface area contributed by atoms with Crippen molar-refractivity contribution in [1.82, 2.24) is 21.7 Å². The number of amides is 4. The fraction of sp³-hybridized carbons (Fsp3) is 0.0345. The van der Waals surface area contributed by atoms with E-state index >= 15 is 0 Å². The fourth-order valence-corrected chi connectivity index (χ4v) is 3.67. The first-order valence-corrected chi connectivity index (χ1v) is 11.8. The smallest absolute Gasteiger partial charge is 0.273 e. The van der Waals surface area contributed by atoms with Crippen molar-refractivity contribution >= 4 is 23.6 Å². The van der Waals surface area contributed by atoms with Crippen molar-refractivity contribution in [3.05, 3.63) is 130 Å². The average molecular weight is 525 g/mol. The van der Waals surface area contributed by atoms with Crippen LogP contribution in [0.25, 0.3) is 0 Å². The Balaban J connectivity index is 1.41. The first-order valence-electron chi connectivity index (χ1n) is 11.8. The monoisotopic (exact) mass is 524 g/mol. The Morgan fingerprint density at radius 2 is 0.846 bits per heavy atom. The molecule has 0 bridgehead atoms. The first-order chi connectivity index (χ1) is 18.8. The van der Waals surface area contributed by atoms with E-state index in [-0.39, 0.29) is 29.0 Å². The molecule has 0 heterocycles. The van der Waals surface area contributed by atoms with Crippen molar-refractivity contribution in [3.8, 4) is 11.5 Å². The van der Waals surface area contributed by atoms with E-state index in [0.717, 1.165) is 0 Å². The summed E-state index contributed by atoms with van der Waals surface area (Å²) in [5, 5.41) is 20.4. The number of aromatic hydroxyl groups is 2. The molecule has 4 amide bonds. The van der Waals surface area contributed by atoms with Crippen LogP contribution >= 0.6 is 0 Å². The van der Waals surface area contributed by atoms with E-state index in [1.165, 1.54) is 24.3 Å². The number of phenolic OH excluding ortho intramolecular Hbond substituents is 2. The summed E-state index contributed by atoms with van der Waals surface area (Å²) < 4.78 is 0. The van der Waals surface area contributed by atoms with Gasteiger partial charge in [0, 0.05) is 11.1 Å². The number of carbonyl (C=O) groups is 4. The molecule has 0 saturated carbocycles. The van der Waals surface area contributed by atoms with Gasteiger partial charge in [0.2, 0.25) is 0 Å². The van der Waals surface area contributed by atoms with Crippen LogP contribution in [0, 0.1) is 0 Å². The Morgan fingerprint density at radius 1 is 0.487 bits per heavy atom. The van der Waals surface area contributed by atoms with Gasteiger partial charge in [0.1, 0.15) is 11.5 Å². The maximum absolute atomic E-state index is 12.6. The zero-order valence-corrected chi connectivity index (χ0v) is 20.5. The number of hydrazine groups is 2. The Kier molecular flexibility index (Phi) is 8.17. The lowest BCUT2D eigenvalue weighted by atomic mass is 10.00. The summed E-state index contributed by atoms with van der Waals surface area (Å²) in [5.74, 6) is -3.06. The van der Waals surface area contributed by atoms with Gasteiger partial charge in [-0.25, -0.2) is 0 Å². The molecule has 196 valence electrons. The van der Waals surface area contributed by atoms with Crippen molar-refractivity contribution in [2.24, 2.45) is 0 Å². The van der Waals surface area contributed by atoms with E-state index in [4.69, 9.17) is 0 Å². The Bertz CT molecular complexity index is 1410. The second kappa shape index (κ2) is 12.1. The van der Waals surface area contributed by atoms with E-state index in [2.05, 4.69) is 21.7 Å². The molecule has 6 N–H and O–H groups in total. The molecule has 4 aromatic rings. The highest BCUT2D eigenvalue weighted by Gasteiger charge is 2.16. The van der Waals surface area contributed by atoms with Gasteiger partial charge in [-0.05, 0) is 66.1 Å². The molecule has 0 radical (unpaired) electrons. The molecular formula is C29H24N4O6. The van der Waals surface area contributed by atoms with Crippen molar-refractivity contribution in [2.45, 2.75) is 6.42 Å². The molecule has 10 heteroatoms. The van der Waals surface area contributed by atoms with Gasteiger partial charge < -0.3 is 10.2 Å². The van der Waals surface area contributed by atoms with Gasteiger partial charge in [0.15, 0.2) is 0 Å². The summed E-state index contributed by atoms with van der Waals surface area (Å²) in [7, 11) is 0. The highest BCUT2D eigenvalue weighted by atomic mass is 16.3. The van der Waals surface area contributed by atoms with E-state index < -0.39 is 23.6 Å². The molecule has 0 aliphatic heterocycles. The molecule has 10 nitrogen and oxygen atoms in total. The summed E-state index contributed by atoms with van der Waals surface area (Å²) in [6.45, 7) is 0. The van der Waals surface area contributed by atoms with Gasteiger partial charge in [0.25, 0.3) is 23.6 Å². The average Bonchev–Trinajstić information content (AvgIpc) is 2.97. The molecule has 4 rings (SSSR count). The Morgan fingerprint density at radius 3 is 1.23 bits per heavy atom. The van der Waals surface area contributed by atoms with Crippen LogP contribution in [0.1, 0.15) is 52.6 Å². The third kappa shape index (κ3) is 6.77. The molecule has 0 aliphatic rings. The molecule has 0 saturated heterocycles. The van der Waals surface area contributed by atoms with Crippen LogP contribution in [0.5, 0.6) is 11.5 Å². The number of benzene rings is 4. The molecule has 39 heavy (non-hydrogen) atoms. The number of phenols is 2. The minimum absolute atomic E-state index is 0.0683. The lowest BCUT2D eigenvalue weighted by Crippen LogP contribution is -2.41. The normalized spacial score (nSPS) is 10.3. The van der Waals surface area contributed by atoms with E-state index in [1.54, 1.807) is 72.8 Å². The topological polar surface area (TPSA) is 157 Å². The second-order valence-corrected chi connectivity index (χ2v) is 8.43. The van der Waals surface area contributed by atoms with E-state index in [1.807, 2.05) is 0 Å². The van der Waals surface area contributed by atoms with Crippen molar-refractivity contribution in [1.29, 1.82) is 0 Å². The quantitative estimate of drug-likeness (QED) is 0.213. The number of rotatable bonds is 6. The minimum atomic E-state index is -0.724. The number of nitrogens with one attached hydrogen (secondary N) is 4. The van der Waals surface area contributed by atoms with Crippen molar-refractivity contribution < 1.29 is 29.4 Å². The Labute approximate surface area is 223 Å². The van der Waals surface area contributed by atoms with Gasteiger partial charge in [-0.2, -0.15) is 0 Å². The third-order valence-electron chi connectivity index (χ3n) is 5.67. The van der Waals surface area contributed by atoms with Crippen LogP contribution in [-0.4, -0.2) is 33.8 Å². The van der Waals surface area contributed by atoms with Crippen LogP contribution in [-0.2, 0) is 6.42 Å². The minimum Gasteiger partial charge on any atom is -0.507 e. The molecule has 4 aromatic carbocycles. The van der Waals surface area contributed by atoms with Crippen LogP contribution in [0.3, 0.4) is 0 Å². The van der Waals surface area contributed by atoms with Crippen LogP contribution in [0.2, 0.25) is 0 Å². The molecule has 0 aliphatic carbocycles. The van der Waals surface area contributed by atoms with Crippen LogP contribution in [0.15, 0.2) is 97.1 Å². The van der Waals surface area contributed by atoms with E-state index in [9.17, 15) is 29.4 Å². The first kappa shape index (κ1) is 26.4. The predicted octanol–water partition coefficient (Wildman–Crippen LogP) is 2.84. The van der Waals surface area contributed by atoms with Gasteiger partial charge in [-0.3, -0.25) is 40.9 Å². The molecule has 0 atom stereocenters. The second-order valence-electron chi connectivity index (χ2n) is 8.43. The molecule has 0 aromatic heterocycles. The highest BCUT2D eigenvalue weighted by molar-refractivity contribution is 6.01. The molecular weight excluding hydrogens is 500 g/mol. The van der Waals surface area contributed by atoms with Crippen LogP contribution in [0.4, 0.5) is 0 Å². The third-order valence-corrected chi connectivity index (χ3v) is 5.67. The van der Waals surface area contributed by atoms with Crippen molar-refractivity contribution in [3.63, 3.8) is 0 Å². The summed E-state index contributed by atoms with van der Waals surface area (Å²) in [6, 6.07) is 25.4. The van der Waals surface area contributed by atoms with Gasteiger partial charge in [0.05, 0.1) is 11.1 Å². The van der Waals surface area contributed by atoms with Crippen LogP contribution < -0.4 is 21.7 Å². The molecule has 0 spiro atoms. The molecule has 0 fully saturated rings. The fourth-order valence-electron chi connectivity index (χ4n) is 3.67. The zero-order valence-electron chi connectivity index (χ0n) is 20.5. The van der Waals surface area contributed by atoms with Gasteiger partial charge in [-0.15, -0.1) is 0 Å². The lowest BCUT2D eigenvalue weighted by molar-refractivity contribution is 0.0845. The maximum Gasteiger partial charge on any atom is 0.273 e. The predicted molar refractivity (Wildman–Crippen MR) is 142 cm³/mol. The lowest BCUT2D eigenvalue weighted by Gasteiger charge is -2.12. The summed E-state index contributed by atoms with van der Waals surface area (Å²) in [4.78, 5) is 49.6. The summed E-state index contributed by atoms with van der Waals surface area (Å²) in [6.07, 6.45) is 0.244. The Hall–Kier alpha value is -5.64. The van der Waals surface area contributed by atoms with Crippen molar-refractivity contribution in [2.75, 3.05) is 0 Å². The zero-order chi connectivity index (χ0) is 27.8. The highest BCUT2D eigenvalue weighted by Crippen LogP contribution is 2.23. The van der Waals surface area contributed by atoms with Gasteiger partial charge >= 0.3 is 0 Å². The maximum atomic E-state index is 12.6. The SMILES string of the molecule is O=C(NNC(=O)c1cc(Cc2ccc(O)c(C(=O)NNC(=O)c3ccccc3)c2)ccc1O)c1ccccc1. The standard InChI is InChI=1S/C29H24N4O6/c34-24-13-11-18(16-22(24)28(38)32-30-26(36)20-7-3-1-4-8-20)15-19-12-14-25(35)23(17-19)29(39)33-31-27(37)21-9-5-2-6-10-21/h1-14,16-17,34-35H,15H2,(H,30,36)(H,31,37)(H,32,38)(H,33,39).